The molecule has 6 heteroatoms. The van der Waals surface area contributed by atoms with Crippen LogP contribution >= 0.6 is 27.3 Å². The van der Waals surface area contributed by atoms with Crippen LogP contribution in [0.3, 0.4) is 0 Å². The number of hydrogen-bond acceptors (Lipinski definition) is 5. The highest BCUT2D eigenvalue weighted by Crippen LogP contribution is 2.29. The van der Waals surface area contributed by atoms with Crippen molar-refractivity contribution in [2.45, 2.75) is 19.8 Å². The van der Waals surface area contributed by atoms with Crippen molar-refractivity contribution in [2.75, 3.05) is 5.43 Å². The fourth-order valence-electron chi connectivity index (χ4n) is 2.21. The third kappa shape index (κ3) is 3.07. The minimum Gasteiger partial charge on any atom is -0.308 e. The van der Waals surface area contributed by atoms with Crippen LogP contribution in [0, 0.1) is 0 Å². The van der Waals surface area contributed by atoms with Crippen LogP contribution in [0.4, 0.5) is 5.82 Å². The zero-order valence-electron chi connectivity index (χ0n) is 11.6. The molecule has 0 saturated carbocycles. The van der Waals surface area contributed by atoms with E-state index in [0.29, 0.717) is 12.2 Å². The van der Waals surface area contributed by atoms with Crippen molar-refractivity contribution < 1.29 is 0 Å². The van der Waals surface area contributed by atoms with Crippen molar-refractivity contribution in [1.82, 2.24) is 9.97 Å². The first-order valence-electron chi connectivity index (χ1n) is 6.70. The topological polar surface area (TPSA) is 63.8 Å². The summed E-state index contributed by atoms with van der Waals surface area (Å²) in [4.78, 5) is 11.5. The van der Waals surface area contributed by atoms with E-state index in [1.807, 2.05) is 12.1 Å². The van der Waals surface area contributed by atoms with Crippen molar-refractivity contribution in [3.05, 3.63) is 51.1 Å². The Kier molecular flexibility index (Phi) is 4.19. The molecule has 0 fully saturated rings. The van der Waals surface area contributed by atoms with Crippen LogP contribution in [0.25, 0.3) is 10.2 Å². The van der Waals surface area contributed by atoms with Gasteiger partial charge in [-0.15, -0.1) is 11.3 Å². The minimum atomic E-state index is 0.684. The van der Waals surface area contributed by atoms with E-state index in [4.69, 9.17) is 5.84 Å². The molecule has 21 heavy (non-hydrogen) atoms. The normalized spacial score (nSPS) is 11.0. The molecule has 0 unspecified atom stereocenters. The van der Waals surface area contributed by atoms with Gasteiger partial charge in [-0.2, -0.15) is 0 Å². The number of aryl methyl sites for hydroxylation is 1. The highest BCUT2D eigenvalue weighted by atomic mass is 79.9. The number of anilines is 1. The van der Waals surface area contributed by atoms with Gasteiger partial charge in [-0.1, -0.05) is 35.0 Å². The molecule has 4 nitrogen and oxygen atoms in total. The first-order valence-corrected chi connectivity index (χ1v) is 8.31. The molecule has 0 aliphatic heterocycles. The molecule has 0 bridgehead atoms. The fourth-order valence-corrected chi connectivity index (χ4v) is 3.64. The van der Waals surface area contributed by atoms with E-state index in [2.05, 4.69) is 56.4 Å². The smallest absolute Gasteiger partial charge is 0.152 e. The summed E-state index contributed by atoms with van der Waals surface area (Å²) in [5, 5.41) is 0.998. The Morgan fingerprint density at radius 1 is 1.29 bits per heavy atom. The van der Waals surface area contributed by atoms with Gasteiger partial charge in [0, 0.05) is 15.8 Å². The number of nitrogens with zero attached hydrogens (tertiary/aromatic N) is 2. The number of benzene rings is 1. The number of nitrogens with one attached hydrogen (secondary N) is 1. The minimum absolute atomic E-state index is 0.684. The lowest BCUT2D eigenvalue weighted by atomic mass is 10.1. The van der Waals surface area contributed by atoms with Crippen molar-refractivity contribution >= 4 is 43.3 Å². The summed E-state index contributed by atoms with van der Waals surface area (Å²) in [6.07, 6.45) is 1.68. The Bertz CT molecular complexity index is 784. The summed E-state index contributed by atoms with van der Waals surface area (Å²) in [6, 6.07) is 10.3. The summed E-state index contributed by atoms with van der Waals surface area (Å²) in [6.45, 7) is 2.14. The summed E-state index contributed by atoms with van der Waals surface area (Å²) in [7, 11) is 0. The number of hydrazine groups is 1. The lowest BCUT2D eigenvalue weighted by molar-refractivity contribution is 0.992. The van der Waals surface area contributed by atoms with E-state index in [9.17, 15) is 0 Å². The van der Waals surface area contributed by atoms with Crippen molar-refractivity contribution in [3.63, 3.8) is 0 Å². The first kappa shape index (κ1) is 14.4. The molecule has 2 aromatic heterocycles. The van der Waals surface area contributed by atoms with Crippen LogP contribution < -0.4 is 11.3 Å². The van der Waals surface area contributed by atoms with Gasteiger partial charge in [0.1, 0.15) is 10.7 Å². The Morgan fingerprint density at radius 2 is 2.14 bits per heavy atom. The molecule has 3 N–H and O–H groups in total. The van der Waals surface area contributed by atoms with Crippen LogP contribution in [-0.4, -0.2) is 9.97 Å². The molecule has 0 amide bonds. The van der Waals surface area contributed by atoms with Gasteiger partial charge < -0.3 is 5.43 Å². The molecule has 0 aliphatic carbocycles. The number of hydrogen-bond donors (Lipinski definition) is 2. The number of nitrogens with two attached hydrogens (primary N) is 1. The molecule has 0 spiro atoms. The largest absolute Gasteiger partial charge is 0.308 e. The average Bonchev–Trinajstić information content (AvgIpc) is 2.89. The highest BCUT2D eigenvalue weighted by molar-refractivity contribution is 9.10. The molecule has 108 valence electrons. The Morgan fingerprint density at radius 3 is 2.86 bits per heavy atom. The number of aromatic nitrogens is 2. The van der Waals surface area contributed by atoms with Crippen molar-refractivity contribution in [2.24, 2.45) is 5.84 Å². The van der Waals surface area contributed by atoms with E-state index in [1.165, 1.54) is 10.4 Å². The van der Waals surface area contributed by atoms with E-state index in [-0.39, 0.29) is 0 Å². The third-order valence-corrected chi connectivity index (χ3v) is 4.89. The molecule has 1 aromatic carbocycles. The zero-order chi connectivity index (χ0) is 14.8. The standard InChI is InChI=1S/C15H15BrN4S/c1-2-11-8-12-14(20-17)18-13(19-15(12)21-11)7-9-4-3-5-10(16)6-9/h3-6,8H,2,7,17H2,1H3,(H,18,19,20). The van der Waals surface area contributed by atoms with Gasteiger partial charge in [0.25, 0.3) is 0 Å². The van der Waals surface area contributed by atoms with Gasteiger partial charge in [-0.05, 0) is 30.2 Å². The molecule has 3 rings (SSSR count). The molecule has 2 heterocycles. The molecule has 3 aromatic rings. The molecule has 0 aliphatic rings. The molecule has 0 saturated heterocycles. The number of rotatable bonds is 4. The summed E-state index contributed by atoms with van der Waals surface area (Å²) >= 11 is 5.18. The monoisotopic (exact) mass is 362 g/mol. The predicted molar refractivity (Wildman–Crippen MR) is 91.6 cm³/mol. The maximum Gasteiger partial charge on any atom is 0.152 e. The lowest BCUT2D eigenvalue weighted by Crippen LogP contribution is -2.10. The number of fused-ring (bicyclic) bond motifs is 1. The highest BCUT2D eigenvalue weighted by Gasteiger charge is 2.11. The summed E-state index contributed by atoms with van der Waals surface area (Å²) < 4.78 is 1.06. The van der Waals surface area contributed by atoms with E-state index >= 15 is 0 Å². The van der Waals surface area contributed by atoms with Crippen LogP contribution in [0.5, 0.6) is 0 Å². The zero-order valence-corrected chi connectivity index (χ0v) is 14.0. The molecular formula is C15H15BrN4S. The second-order valence-corrected chi connectivity index (χ2v) is 6.76. The number of thiophene rings is 1. The van der Waals surface area contributed by atoms with Gasteiger partial charge in [0.2, 0.25) is 0 Å². The van der Waals surface area contributed by atoms with Gasteiger partial charge in [-0.25, -0.2) is 15.8 Å². The summed E-state index contributed by atoms with van der Waals surface area (Å²) in [5.74, 6) is 7.08. The van der Waals surface area contributed by atoms with E-state index in [0.717, 1.165) is 26.9 Å². The molecule has 0 atom stereocenters. The maximum absolute atomic E-state index is 5.61. The van der Waals surface area contributed by atoms with E-state index in [1.54, 1.807) is 11.3 Å². The molecule has 0 radical (unpaired) electrons. The van der Waals surface area contributed by atoms with Crippen molar-refractivity contribution in [1.29, 1.82) is 0 Å². The average molecular weight is 363 g/mol. The van der Waals surface area contributed by atoms with Crippen molar-refractivity contribution in [3.8, 4) is 0 Å². The van der Waals surface area contributed by atoms with E-state index < -0.39 is 0 Å². The lowest BCUT2D eigenvalue weighted by Gasteiger charge is -2.05. The maximum atomic E-state index is 5.61. The van der Waals surface area contributed by atoms with Gasteiger partial charge >= 0.3 is 0 Å². The number of nitrogen functional groups attached to an aromatic ring is 1. The Balaban J connectivity index is 2.02. The second kappa shape index (κ2) is 6.09. The van der Waals surface area contributed by atoms with Crippen LogP contribution in [-0.2, 0) is 12.8 Å². The van der Waals surface area contributed by atoms with Gasteiger partial charge in [0.05, 0.1) is 5.39 Å². The summed E-state index contributed by atoms with van der Waals surface area (Å²) in [5.41, 5.74) is 3.86. The van der Waals surface area contributed by atoms with Gasteiger partial charge in [-0.3, -0.25) is 0 Å². The third-order valence-electron chi connectivity index (χ3n) is 3.23. The molecular weight excluding hydrogens is 348 g/mol. The second-order valence-electron chi connectivity index (χ2n) is 4.72. The van der Waals surface area contributed by atoms with Gasteiger partial charge in [0.15, 0.2) is 5.82 Å². The Labute approximate surface area is 135 Å². The predicted octanol–water partition coefficient (Wildman–Crippen LogP) is 3.89. The SMILES string of the molecule is CCc1cc2c(NN)nc(Cc3cccc(Br)c3)nc2s1. The van der Waals surface area contributed by atoms with Crippen LogP contribution in [0.1, 0.15) is 23.2 Å². The quantitative estimate of drug-likeness (QED) is 0.545. The Hall–Kier alpha value is -1.50. The fraction of sp³-hybridized carbons (Fsp3) is 0.200. The number of halogens is 1. The van der Waals surface area contributed by atoms with Crippen LogP contribution in [0.15, 0.2) is 34.8 Å². The first-order chi connectivity index (χ1) is 10.2. The van der Waals surface area contributed by atoms with Crippen LogP contribution in [0.2, 0.25) is 0 Å².